The lowest BCUT2D eigenvalue weighted by Crippen LogP contribution is -1.89. The van der Waals surface area contributed by atoms with E-state index in [2.05, 4.69) is 4.98 Å². The summed E-state index contributed by atoms with van der Waals surface area (Å²) in [7, 11) is 0. The molecular weight excluding hydrogens is 226 g/mol. The Bertz CT molecular complexity index is 544. The maximum absolute atomic E-state index is 10.4. The molecule has 0 saturated heterocycles. The van der Waals surface area contributed by atoms with Crippen molar-refractivity contribution < 1.29 is 9.90 Å². The van der Waals surface area contributed by atoms with E-state index >= 15 is 0 Å². The number of carbonyl (C=O) groups is 1. The molecule has 2 rings (SSSR count). The summed E-state index contributed by atoms with van der Waals surface area (Å²) in [5, 5.41) is 8.53. The first kappa shape index (κ1) is 12.0. The third kappa shape index (κ3) is 3.28. The molecule has 0 unspecified atom stereocenters. The van der Waals surface area contributed by atoms with Gasteiger partial charge in [-0.15, -0.1) is 0 Å². The second-order valence-electron chi connectivity index (χ2n) is 3.86. The second-order valence-corrected chi connectivity index (χ2v) is 3.86. The van der Waals surface area contributed by atoms with Gasteiger partial charge >= 0.3 is 5.97 Å². The van der Waals surface area contributed by atoms with E-state index in [0.29, 0.717) is 0 Å². The van der Waals surface area contributed by atoms with Gasteiger partial charge in [0, 0.05) is 12.4 Å². The fourth-order valence-corrected chi connectivity index (χ4v) is 1.62. The standard InChI is InChI=1S/C15H13NO2/c17-15(18)5-1-3-12-6-8-13(9-7-12)14-4-2-10-16-11-14/h1-4,6-11H,5H2,(H,17,18)/b3-1+. The number of carboxylic acids is 1. The predicted octanol–water partition coefficient (Wildman–Crippen LogP) is 3.24. The monoisotopic (exact) mass is 239 g/mol. The number of rotatable bonds is 4. The third-order valence-corrected chi connectivity index (χ3v) is 2.51. The lowest BCUT2D eigenvalue weighted by atomic mass is 10.1. The largest absolute Gasteiger partial charge is 0.481 e. The van der Waals surface area contributed by atoms with Crippen LogP contribution in [0.25, 0.3) is 17.2 Å². The molecule has 1 heterocycles. The summed E-state index contributed by atoms with van der Waals surface area (Å²) in [5.41, 5.74) is 3.15. The Kier molecular flexibility index (Phi) is 3.86. The molecule has 0 aliphatic carbocycles. The van der Waals surface area contributed by atoms with Gasteiger partial charge in [0.15, 0.2) is 0 Å². The molecule has 1 aromatic carbocycles. The molecule has 0 bridgehead atoms. The third-order valence-electron chi connectivity index (χ3n) is 2.51. The van der Waals surface area contributed by atoms with Gasteiger partial charge in [-0.1, -0.05) is 42.5 Å². The second kappa shape index (κ2) is 5.77. The molecule has 0 amide bonds. The summed E-state index contributed by atoms with van der Waals surface area (Å²) in [6.45, 7) is 0. The molecule has 18 heavy (non-hydrogen) atoms. The number of aromatic nitrogens is 1. The molecule has 0 radical (unpaired) electrons. The zero-order valence-corrected chi connectivity index (χ0v) is 9.78. The van der Waals surface area contributed by atoms with E-state index in [-0.39, 0.29) is 6.42 Å². The van der Waals surface area contributed by atoms with Gasteiger partial charge in [0.05, 0.1) is 6.42 Å². The van der Waals surface area contributed by atoms with Gasteiger partial charge in [0.2, 0.25) is 0 Å². The molecule has 0 aliphatic rings. The van der Waals surface area contributed by atoms with Crippen LogP contribution in [0.15, 0.2) is 54.9 Å². The minimum atomic E-state index is -0.821. The molecule has 1 N–H and O–H groups in total. The Morgan fingerprint density at radius 2 is 1.94 bits per heavy atom. The van der Waals surface area contributed by atoms with Gasteiger partial charge < -0.3 is 5.11 Å². The number of nitrogens with zero attached hydrogens (tertiary/aromatic N) is 1. The predicted molar refractivity (Wildman–Crippen MR) is 71.0 cm³/mol. The van der Waals surface area contributed by atoms with Crippen LogP contribution in [0.5, 0.6) is 0 Å². The molecule has 3 heteroatoms. The highest BCUT2D eigenvalue weighted by atomic mass is 16.4. The van der Waals surface area contributed by atoms with Crippen LogP contribution in [0.3, 0.4) is 0 Å². The molecular formula is C15H13NO2. The van der Waals surface area contributed by atoms with Crippen molar-refractivity contribution in [2.24, 2.45) is 0 Å². The van der Waals surface area contributed by atoms with Crippen molar-refractivity contribution in [2.45, 2.75) is 6.42 Å². The Labute approximate surface area is 105 Å². The van der Waals surface area contributed by atoms with Crippen LogP contribution >= 0.6 is 0 Å². The van der Waals surface area contributed by atoms with Crippen LogP contribution in [0.1, 0.15) is 12.0 Å². The van der Waals surface area contributed by atoms with E-state index in [4.69, 9.17) is 5.11 Å². The number of carboxylic acid groups (broad SMARTS) is 1. The van der Waals surface area contributed by atoms with Gasteiger partial charge in [-0.2, -0.15) is 0 Å². The Hall–Kier alpha value is -2.42. The van der Waals surface area contributed by atoms with Crippen molar-refractivity contribution in [3.63, 3.8) is 0 Å². The highest BCUT2D eigenvalue weighted by Crippen LogP contribution is 2.18. The average Bonchev–Trinajstić information content (AvgIpc) is 2.40. The summed E-state index contributed by atoms with van der Waals surface area (Å²) in [4.78, 5) is 14.4. The molecule has 0 fully saturated rings. The number of aliphatic carboxylic acids is 1. The molecule has 0 saturated carbocycles. The van der Waals surface area contributed by atoms with Crippen molar-refractivity contribution >= 4 is 12.0 Å². The molecule has 1 aromatic heterocycles. The van der Waals surface area contributed by atoms with Crippen molar-refractivity contribution in [1.29, 1.82) is 0 Å². The topological polar surface area (TPSA) is 50.2 Å². The first-order chi connectivity index (χ1) is 8.75. The van der Waals surface area contributed by atoms with Crippen LogP contribution < -0.4 is 0 Å². The molecule has 0 atom stereocenters. The Morgan fingerprint density at radius 1 is 1.17 bits per heavy atom. The quantitative estimate of drug-likeness (QED) is 0.891. The van der Waals surface area contributed by atoms with E-state index in [1.165, 1.54) is 0 Å². The maximum Gasteiger partial charge on any atom is 0.307 e. The SMILES string of the molecule is O=C(O)C/C=C/c1ccc(-c2cccnc2)cc1. The van der Waals surface area contributed by atoms with Crippen LogP contribution in [0.4, 0.5) is 0 Å². The van der Waals surface area contributed by atoms with Crippen molar-refractivity contribution in [3.8, 4) is 11.1 Å². The fourth-order valence-electron chi connectivity index (χ4n) is 1.62. The first-order valence-electron chi connectivity index (χ1n) is 5.64. The van der Waals surface area contributed by atoms with Gasteiger partial charge in [0.25, 0.3) is 0 Å². The zero-order chi connectivity index (χ0) is 12.8. The van der Waals surface area contributed by atoms with E-state index in [1.54, 1.807) is 18.3 Å². The molecule has 0 aliphatic heterocycles. The van der Waals surface area contributed by atoms with Gasteiger partial charge in [-0.3, -0.25) is 9.78 Å². The van der Waals surface area contributed by atoms with Crippen LogP contribution in [-0.2, 0) is 4.79 Å². The highest BCUT2D eigenvalue weighted by molar-refractivity contribution is 5.71. The van der Waals surface area contributed by atoms with E-state index in [9.17, 15) is 4.79 Å². The smallest absolute Gasteiger partial charge is 0.307 e. The van der Waals surface area contributed by atoms with Gasteiger partial charge in [0.1, 0.15) is 0 Å². The lowest BCUT2D eigenvalue weighted by Gasteiger charge is -2.01. The minimum Gasteiger partial charge on any atom is -0.481 e. The van der Waals surface area contributed by atoms with Crippen LogP contribution in [0.2, 0.25) is 0 Å². The normalized spacial score (nSPS) is 10.7. The van der Waals surface area contributed by atoms with Crippen molar-refractivity contribution in [3.05, 3.63) is 60.4 Å². The number of pyridine rings is 1. The summed E-state index contributed by atoms with van der Waals surface area (Å²) >= 11 is 0. The summed E-state index contributed by atoms with van der Waals surface area (Å²) in [5.74, 6) is -0.821. The maximum atomic E-state index is 10.4. The number of hydrogen-bond donors (Lipinski definition) is 1. The Morgan fingerprint density at radius 3 is 2.56 bits per heavy atom. The summed E-state index contributed by atoms with van der Waals surface area (Å²) < 4.78 is 0. The summed E-state index contributed by atoms with van der Waals surface area (Å²) in [6.07, 6.45) is 7.05. The number of benzene rings is 1. The first-order valence-corrected chi connectivity index (χ1v) is 5.64. The molecule has 0 spiro atoms. The van der Waals surface area contributed by atoms with Crippen molar-refractivity contribution in [2.75, 3.05) is 0 Å². The Balaban J connectivity index is 2.11. The highest BCUT2D eigenvalue weighted by Gasteiger charge is 1.96. The van der Waals surface area contributed by atoms with E-state index < -0.39 is 5.97 Å². The van der Waals surface area contributed by atoms with Gasteiger partial charge in [-0.05, 0) is 22.8 Å². The van der Waals surface area contributed by atoms with Crippen molar-refractivity contribution in [1.82, 2.24) is 4.98 Å². The molecule has 90 valence electrons. The number of hydrogen-bond acceptors (Lipinski definition) is 2. The zero-order valence-electron chi connectivity index (χ0n) is 9.78. The van der Waals surface area contributed by atoms with Gasteiger partial charge in [-0.25, -0.2) is 0 Å². The lowest BCUT2D eigenvalue weighted by molar-refractivity contribution is -0.135. The van der Waals surface area contributed by atoms with E-state index in [1.807, 2.05) is 42.6 Å². The molecule has 3 nitrogen and oxygen atoms in total. The molecule has 2 aromatic rings. The van der Waals surface area contributed by atoms with E-state index in [0.717, 1.165) is 16.7 Å². The fraction of sp³-hybridized carbons (Fsp3) is 0.0667. The average molecular weight is 239 g/mol. The summed E-state index contributed by atoms with van der Waals surface area (Å²) in [6, 6.07) is 11.8. The minimum absolute atomic E-state index is 0.0460. The van der Waals surface area contributed by atoms with Crippen LogP contribution in [-0.4, -0.2) is 16.1 Å². The van der Waals surface area contributed by atoms with Crippen LogP contribution in [0, 0.1) is 0 Å².